The van der Waals surface area contributed by atoms with E-state index in [1.54, 1.807) is 4.90 Å². The maximum Gasteiger partial charge on any atom is 0.237 e. The summed E-state index contributed by atoms with van der Waals surface area (Å²) in [6.07, 6.45) is 3.97. The van der Waals surface area contributed by atoms with Crippen molar-refractivity contribution < 1.29 is 4.79 Å². The molecule has 2 aromatic carbocycles. The second-order valence-corrected chi connectivity index (χ2v) is 7.85. The van der Waals surface area contributed by atoms with Gasteiger partial charge in [-0.3, -0.25) is 9.78 Å². The molecule has 2 aliphatic heterocycles. The largest absolute Gasteiger partial charge is 0.371 e. The Hall–Kier alpha value is -3.32. The van der Waals surface area contributed by atoms with Crippen LogP contribution in [0.4, 0.5) is 5.69 Å². The molecule has 0 radical (unpaired) electrons. The molecule has 0 N–H and O–H groups in total. The highest BCUT2D eigenvalue weighted by Gasteiger charge is 2.27. The quantitative estimate of drug-likeness (QED) is 0.631. The van der Waals surface area contributed by atoms with Gasteiger partial charge in [0.05, 0.1) is 5.52 Å². The van der Waals surface area contributed by atoms with Gasteiger partial charge >= 0.3 is 0 Å². The van der Waals surface area contributed by atoms with E-state index in [2.05, 4.69) is 58.1 Å². The molecule has 29 heavy (non-hydrogen) atoms. The number of amides is 1. The lowest BCUT2D eigenvalue weighted by Gasteiger charge is -2.34. The van der Waals surface area contributed by atoms with E-state index in [1.165, 1.54) is 17.5 Å². The Bertz CT molecular complexity index is 1150. The number of hydrogen-bond acceptors (Lipinski definition) is 3. The highest BCUT2D eigenvalue weighted by atomic mass is 16.2. The second kappa shape index (κ2) is 7.25. The zero-order valence-electron chi connectivity index (χ0n) is 16.6. The van der Waals surface area contributed by atoms with E-state index < -0.39 is 0 Å². The minimum absolute atomic E-state index is 0.134. The molecule has 4 nitrogen and oxygen atoms in total. The molecule has 144 valence electrons. The van der Waals surface area contributed by atoms with E-state index >= 15 is 0 Å². The Morgan fingerprint density at radius 2 is 1.90 bits per heavy atom. The summed E-state index contributed by atoms with van der Waals surface area (Å²) in [5, 5.41) is 1.20. The van der Waals surface area contributed by atoms with Gasteiger partial charge in [-0.05, 0) is 54.3 Å². The SMILES string of the molecule is CN1CC[C@@H](C#Cc2cccc(-c3ccc4nccc(N5CCC5)c4c3)c2)C1=O. The molecular weight excluding hydrogens is 358 g/mol. The maximum atomic E-state index is 12.1. The minimum Gasteiger partial charge on any atom is -0.371 e. The van der Waals surface area contributed by atoms with E-state index in [9.17, 15) is 4.79 Å². The predicted octanol–water partition coefficient (Wildman–Crippen LogP) is 3.94. The van der Waals surface area contributed by atoms with E-state index in [4.69, 9.17) is 0 Å². The van der Waals surface area contributed by atoms with Crippen molar-refractivity contribution in [1.82, 2.24) is 9.88 Å². The van der Waals surface area contributed by atoms with Crippen molar-refractivity contribution in [2.24, 2.45) is 5.92 Å². The van der Waals surface area contributed by atoms with Crippen LogP contribution in [-0.2, 0) is 4.79 Å². The predicted molar refractivity (Wildman–Crippen MR) is 117 cm³/mol. The molecule has 1 aromatic heterocycles. The number of benzene rings is 2. The zero-order chi connectivity index (χ0) is 19.8. The van der Waals surface area contributed by atoms with Crippen LogP contribution in [0.2, 0.25) is 0 Å². The first-order valence-corrected chi connectivity index (χ1v) is 10.2. The third-order valence-corrected chi connectivity index (χ3v) is 5.93. The van der Waals surface area contributed by atoms with Crippen LogP contribution in [0.1, 0.15) is 18.4 Å². The summed E-state index contributed by atoms with van der Waals surface area (Å²) in [7, 11) is 1.84. The molecule has 2 saturated heterocycles. The molecule has 2 fully saturated rings. The Morgan fingerprint density at radius 3 is 2.66 bits per heavy atom. The van der Waals surface area contributed by atoms with Crippen molar-refractivity contribution in [3.8, 4) is 23.0 Å². The lowest BCUT2D eigenvalue weighted by molar-refractivity contribution is -0.128. The van der Waals surface area contributed by atoms with Gasteiger partial charge in [-0.2, -0.15) is 0 Å². The maximum absolute atomic E-state index is 12.1. The van der Waals surface area contributed by atoms with Crippen molar-refractivity contribution in [1.29, 1.82) is 0 Å². The standard InChI is InChI=1S/C25H23N3O/c1-27-15-11-19(25(27)29)7-6-18-4-2-5-20(16-18)21-8-9-23-22(17-21)24(10-12-26-23)28-13-3-14-28/h2,4-5,8-10,12,16-17,19H,3,11,13-15H2,1H3/t19-/m1/s1. The van der Waals surface area contributed by atoms with Gasteiger partial charge in [0.1, 0.15) is 5.92 Å². The molecule has 0 bridgehead atoms. The number of rotatable bonds is 2. The van der Waals surface area contributed by atoms with Gasteiger partial charge in [0.25, 0.3) is 0 Å². The van der Waals surface area contributed by atoms with Crippen LogP contribution in [0.5, 0.6) is 0 Å². The van der Waals surface area contributed by atoms with E-state index in [-0.39, 0.29) is 11.8 Å². The van der Waals surface area contributed by atoms with Gasteiger partial charge in [0, 0.05) is 49.5 Å². The van der Waals surface area contributed by atoms with Gasteiger partial charge in [-0.25, -0.2) is 0 Å². The molecule has 2 aliphatic rings. The Morgan fingerprint density at radius 1 is 1.03 bits per heavy atom. The summed E-state index contributed by atoms with van der Waals surface area (Å²) in [6.45, 7) is 3.02. The van der Waals surface area contributed by atoms with Gasteiger partial charge < -0.3 is 9.80 Å². The zero-order valence-corrected chi connectivity index (χ0v) is 16.6. The number of fused-ring (bicyclic) bond motifs is 1. The van der Waals surface area contributed by atoms with Gasteiger partial charge in [0.15, 0.2) is 0 Å². The first kappa shape index (κ1) is 17.8. The van der Waals surface area contributed by atoms with Crippen LogP contribution in [0.15, 0.2) is 54.7 Å². The summed E-state index contributed by atoms with van der Waals surface area (Å²) in [5.41, 5.74) is 5.53. The third kappa shape index (κ3) is 3.34. The van der Waals surface area contributed by atoms with Gasteiger partial charge in [-0.1, -0.05) is 30.0 Å². The first-order chi connectivity index (χ1) is 14.2. The average molecular weight is 381 g/mol. The number of carbonyl (C=O) groups excluding carboxylic acids is 1. The fourth-order valence-corrected chi connectivity index (χ4v) is 4.05. The smallest absolute Gasteiger partial charge is 0.237 e. The van der Waals surface area contributed by atoms with E-state index in [1.807, 2.05) is 25.4 Å². The van der Waals surface area contributed by atoms with E-state index in [0.29, 0.717) is 0 Å². The molecule has 0 unspecified atom stereocenters. The minimum atomic E-state index is -0.172. The van der Waals surface area contributed by atoms with Crippen molar-refractivity contribution >= 4 is 22.5 Å². The van der Waals surface area contributed by atoms with Crippen LogP contribution < -0.4 is 4.90 Å². The van der Waals surface area contributed by atoms with Gasteiger partial charge in [0.2, 0.25) is 5.91 Å². The highest BCUT2D eigenvalue weighted by Crippen LogP contribution is 2.32. The Labute approximate surface area is 171 Å². The number of nitrogens with zero attached hydrogens (tertiary/aromatic N) is 3. The molecular formula is C25H23N3O. The molecule has 3 aromatic rings. The third-order valence-electron chi connectivity index (χ3n) is 5.93. The molecule has 1 atom stereocenters. The fraction of sp³-hybridized carbons (Fsp3) is 0.280. The van der Waals surface area contributed by atoms with Crippen LogP contribution >= 0.6 is 0 Å². The number of carbonyl (C=O) groups is 1. The van der Waals surface area contributed by atoms with Crippen LogP contribution in [-0.4, -0.2) is 42.5 Å². The molecule has 4 heteroatoms. The number of aromatic nitrogens is 1. The normalized spacial score (nSPS) is 18.5. The number of anilines is 1. The molecule has 1 amide bonds. The first-order valence-electron chi connectivity index (χ1n) is 10.2. The molecule has 3 heterocycles. The summed E-state index contributed by atoms with van der Waals surface area (Å²) in [4.78, 5) is 20.8. The van der Waals surface area contributed by atoms with Crippen LogP contribution in [0, 0.1) is 17.8 Å². The lowest BCUT2D eigenvalue weighted by Crippen LogP contribution is -2.37. The average Bonchev–Trinajstić information content (AvgIpc) is 3.03. The van der Waals surface area contributed by atoms with Crippen LogP contribution in [0.3, 0.4) is 0 Å². The summed E-state index contributed by atoms with van der Waals surface area (Å²) >= 11 is 0. The summed E-state index contributed by atoms with van der Waals surface area (Å²) < 4.78 is 0. The van der Waals surface area contributed by atoms with Crippen molar-refractivity contribution in [3.05, 3.63) is 60.3 Å². The molecule has 0 saturated carbocycles. The van der Waals surface area contributed by atoms with Crippen molar-refractivity contribution in [2.45, 2.75) is 12.8 Å². The highest BCUT2D eigenvalue weighted by molar-refractivity contribution is 5.95. The molecule has 0 spiro atoms. The summed E-state index contributed by atoms with van der Waals surface area (Å²) in [5.74, 6) is 6.34. The van der Waals surface area contributed by atoms with Gasteiger partial charge in [-0.15, -0.1) is 0 Å². The topological polar surface area (TPSA) is 36.4 Å². The lowest BCUT2D eigenvalue weighted by atomic mass is 9.99. The van der Waals surface area contributed by atoms with Crippen molar-refractivity contribution in [2.75, 3.05) is 31.6 Å². The second-order valence-electron chi connectivity index (χ2n) is 7.85. The van der Waals surface area contributed by atoms with Crippen molar-refractivity contribution in [3.63, 3.8) is 0 Å². The summed E-state index contributed by atoms with van der Waals surface area (Å²) in [6, 6.07) is 16.8. The Balaban J connectivity index is 1.48. The molecule has 0 aliphatic carbocycles. The number of likely N-dealkylation sites (tertiary alicyclic amines) is 1. The number of pyridine rings is 1. The van der Waals surface area contributed by atoms with E-state index in [0.717, 1.165) is 48.3 Å². The number of hydrogen-bond donors (Lipinski definition) is 0. The molecule has 5 rings (SSSR count). The fourth-order valence-electron chi connectivity index (χ4n) is 4.05. The Kier molecular flexibility index (Phi) is 4.44. The van der Waals surface area contributed by atoms with Crippen LogP contribution in [0.25, 0.3) is 22.0 Å². The monoisotopic (exact) mass is 381 g/mol.